The normalized spacial score (nSPS) is 12.6. The number of hydrogen-bond acceptors (Lipinski definition) is 1. The molecule has 0 spiro atoms. The Morgan fingerprint density at radius 2 is 1.88 bits per heavy atom. The second kappa shape index (κ2) is 4.35. The van der Waals surface area contributed by atoms with Gasteiger partial charge in [-0.1, -0.05) is 49.4 Å². The van der Waals surface area contributed by atoms with Crippen LogP contribution >= 0.6 is 0 Å². The fourth-order valence-electron chi connectivity index (χ4n) is 1.81. The largest absolute Gasteiger partial charge is 0.273 e. The minimum atomic E-state index is -0.492. The molecule has 0 fully saturated rings. The number of amides is 1. The summed E-state index contributed by atoms with van der Waals surface area (Å²) in [5.41, 5.74) is 8.17. The first kappa shape index (κ1) is 10.7. The molecule has 1 unspecified atom stereocenters. The zero-order chi connectivity index (χ0) is 11.5. The molecule has 16 heavy (non-hydrogen) atoms. The van der Waals surface area contributed by atoms with E-state index in [0.29, 0.717) is 6.42 Å². The number of rotatable bonds is 3. The summed E-state index contributed by atoms with van der Waals surface area (Å²) >= 11 is 0. The maximum Gasteiger partial charge on any atom is 0.241 e. The molecule has 0 aliphatic rings. The van der Waals surface area contributed by atoms with Gasteiger partial charge in [0.25, 0.3) is 0 Å². The summed E-state index contributed by atoms with van der Waals surface area (Å²) in [5, 5.41) is 2.39. The van der Waals surface area contributed by atoms with Gasteiger partial charge in [-0.2, -0.15) is 0 Å². The molecule has 0 aliphatic carbocycles. The van der Waals surface area contributed by atoms with E-state index in [1.54, 1.807) is 6.92 Å². The van der Waals surface area contributed by atoms with Crippen LogP contribution in [-0.2, 0) is 11.2 Å². The summed E-state index contributed by atoms with van der Waals surface area (Å²) in [5.74, 6) is -0.714. The van der Waals surface area contributed by atoms with E-state index < -0.39 is 5.91 Å². The highest BCUT2D eigenvalue weighted by Gasteiger charge is 2.10. The topological polar surface area (TPSA) is 40.9 Å². The molecular weight excluding hydrogens is 198 g/mol. The Bertz CT molecular complexity index is 519. The summed E-state index contributed by atoms with van der Waals surface area (Å²) < 4.78 is 0. The molecule has 2 nitrogen and oxygen atoms in total. The lowest BCUT2D eigenvalue weighted by atomic mass is 9.98. The van der Waals surface area contributed by atoms with E-state index in [1.807, 2.05) is 18.2 Å². The van der Waals surface area contributed by atoms with Crippen molar-refractivity contribution >= 4 is 16.7 Å². The smallest absolute Gasteiger partial charge is 0.241 e. The van der Waals surface area contributed by atoms with E-state index >= 15 is 0 Å². The molecule has 2 rings (SSSR count). The predicted molar refractivity (Wildman–Crippen MR) is 64.9 cm³/mol. The number of carbonyl (C=O) groups excluding carboxylic acids is 1. The van der Waals surface area contributed by atoms with Crippen molar-refractivity contribution < 1.29 is 4.79 Å². The van der Waals surface area contributed by atoms with Crippen LogP contribution in [0.3, 0.4) is 0 Å². The third-order valence-corrected chi connectivity index (χ3v) is 2.80. The highest BCUT2D eigenvalue weighted by molar-refractivity contribution is 5.83. The zero-order valence-corrected chi connectivity index (χ0v) is 9.23. The summed E-state index contributed by atoms with van der Waals surface area (Å²) in [7, 11) is 0. The van der Waals surface area contributed by atoms with Crippen LogP contribution in [0.4, 0.5) is 0 Å². The third-order valence-electron chi connectivity index (χ3n) is 2.80. The van der Waals surface area contributed by atoms with E-state index in [9.17, 15) is 4.79 Å². The molecule has 1 radical (unpaired) electrons. The molecule has 0 bridgehead atoms. The molecule has 0 saturated carbocycles. The van der Waals surface area contributed by atoms with E-state index in [0.717, 1.165) is 5.56 Å². The number of hydrogen-bond donors (Lipinski definition) is 0. The van der Waals surface area contributed by atoms with Crippen molar-refractivity contribution in [3.05, 3.63) is 48.0 Å². The summed E-state index contributed by atoms with van der Waals surface area (Å²) in [6.07, 6.45) is 0.646. The Balaban J connectivity index is 2.29. The molecule has 1 amide bonds. The molecule has 2 heteroatoms. The monoisotopic (exact) mass is 212 g/mol. The summed E-state index contributed by atoms with van der Waals surface area (Å²) in [6, 6.07) is 14.3. The Morgan fingerprint density at radius 3 is 2.56 bits per heavy atom. The number of fused-ring (bicyclic) bond motifs is 1. The van der Waals surface area contributed by atoms with Crippen LogP contribution in [-0.4, -0.2) is 5.91 Å². The Morgan fingerprint density at radius 1 is 1.19 bits per heavy atom. The summed E-state index contributed by atoms with van der Waals surface area (Å²) in [4.78, 5) is 10.9. The number of benzene rings is 2. The van der Waals surface area contributed by atoms with Crippen LogP contribution < -0.4 is 5.73 Å². The van der Waals surface area contributed by atoms with Crippen molar-refractivity contribution in [2.24, 2.45) is 5.92 Å². The van der Waals surface area contributed by atoms with Gasteiger partial charge in [0.1, 0.15) is 0 Å². The fraction of sp³-hybridized carbons (Fsp3) is 0.214. The van der Waals surface area contributed by atoms with E-state index in [4.69, 9.17) is 5.73 Å². The lowest BCUT2D eigenvalue weighted by Gasteiger charge is -2.07. The average Bonchev–Trinajstić information content (AvgIpc) is 2.28. The van der Waals surface area contributed by atoms with Gasteiger partial charge in [-0.3, -0.25) is 10.5 Å². The second-order valence-corrected chi connectivity index (χ2v) is 4.15. The van der Waals surface area contributed by atoms with Gasteiger partial charge in [0.2, 0.25) is 5.91 Å². The standard InChI is InChI=1S/C14H14NO/c1-10(14(15)16)8-11-6-7-12-4-2-3-5-13(12)9-11/h2-7,9-10,15H,8H2,1H3. The van der Waals surface area contributed by atoms with Gasteiger partial charge in [0.05, 0.1) is 0 Å². The third kappa shape index (κ3) is 2.22. The molecule has 1 N–H and O–H groups in total. The van der Waals surface area contributed by atoms with Crippen LogP contribution in [0, 0.1) is 5.92 Å². The molecule has 2 aromatic carbocycles. The Hall–Kier alpha value is -1.83. The first-order chi connectivity index (χ1) is 7.66. The molecule has 0 aromatic heterocycles. The molecule has 1 atom stereocenters. The minimum Gasteiger partial charge on any atom is -0.273 e. The van der Waals surface area contributed by atoms with Gasteiger partial charge < -0.3 is 0 Å². The maximum absolute atomic E-state index is 10.9. The van der Waals surface area contributed by atoms with Gasteiger partial charge in [-0.15, -0.1) is 0 Å². The van der Waals surface area contributed by atoms with Gasteiger partial charge >= 0.3 is 0 Å². The van der Waals surface area contributed by atoms with Crippen LogP contribution in [0.1, 0.15) is 12.5 Å². The predicted octanol–water partition coefficient (Wildman–Crippen LogP) is 2.83. The average molecular weight is 212 g/mol. The lowest BCUT2D eigenvalue weighted by Crippen LogP contribution is -2.13. The van der Waals surface area contributed by atoms with Crippen molar-refractivity contribution in [2.45, 2.75) is 13.3 Å². The molecule has 81 valence electrons. The Kier molecular flexibility index (Phi) is 2.91. The molecule has 0 heterocycles. The maximum atomic E-state index is 10.9. The highest BCUT2D eigenvalue weighted by Crippen LogP contribution is 2.17. The van der Waals surface area contributed by atoms with Crippen LogP contribution in [0.25, 0.3) is 10.8 Å². The first-order valence-electron chi connectivity index (χ1n) is 5.40. The second-order valence-electron chi connectivity index (χ2n) is 4.15. The fourth-order valence-corrected chi connectivity index (χ4v) is 1.81. The molecule has 0 aliphatic heterocycles. The van der Waals surface area contributed by atoms with Crippen LogP contribution in [0.2, 0.25) is 0 Å². The van der Waals surface area contributed by atoms with E-state index in [2.05, 4.69) is 24.3 Å². The van der Waals surface area contributed by atoms with Gasteiger partial charge in [0.15, 0.2) is 0 Å². The first-order valence-corrected chi connectivity index (χ1v) is 5.40. The van der Waals surface area contributed by atoms with Crippen molar-refractivity contribution in [1.29, 1.82) is 0 Å². The molecule has 2 aromatic rings. The van der Waals surface area contributed by atoms with E-state index in [1.165, 1.54) is 10.8 Å². The molecule has 0 saturated heterocycles. The van der Waals surface area contributed by atoms with E-state index in [-0.39, 0.29) is 5.92 Å². The quantitative estimate of drug-likeness (QED) is 0.771. The summed E-state index contributed by atoms with van der Waals surface area (Å²) in [6.45, 7) is 1.80. The van der Waals surface area contributed by atoms with Crippen molar-refractivity contribution in [3.63, 3.8) is 0 Å². The van der Waals surface area contributed by atoms with Crippen molar-refractivity contribution in [3.8, 4) is 0 Å². The lowest BCUT2D eigenvalue weighted by molar-refractivity contribution is -0.121. The number of nitrogens with one attached hydrogen (secondary N) is 1. The minimum absolute atomic E-state index is 0.221. The number of carbonyl (C=O) groups is 1. The van der Waals surface area contributed by atoms with Crippen molar-refractivity contribution in [2.75, 3.05) is 0 Å². The SMILES string of the molecule is CC(Cc1ccc2ccccc2c1)C([NH])=O. The van der Waals surface area contributed by atoms with Gasteiger partial charge in [-0.25, -0.2) is 0 Å². The highest BCUT2D eigenvalue weighted by atomic mass is 16.1. The van der Waals surface area contributed by atoms with Crippen molar-refractivity contribution in [1.82, 2.24) is 5.73 Å². The molecular formula is C14H14NO. The van der Waals surface area contributed by atoms with Crippen LogP contribution in [0.15, 0.2) is 42.5 Å². The van der Waals surface area contributed by atoms with Crippen LogP contribution in [0.5, 0.6) is 0 Å². The van der Waals surface area contributed by atoms with Gasteiger partial charge in [-0.05, 0) is 22.8 Å². The Labute approximate surface area is 95.1 Å². The zero-order valence-electron chi connectivity index (χ0n) is 9.23. The van der Waals surface area contributed by atoms with Gasteiger partial charge in [0, 0.05) is 5.92 Å².